The van der Waals surface area contributed by atoms with Gasteiger partial charge in [0.15, 0.2) is 0 Å². The zero-order chi connectivity index (χ0) is 12.5. The first-order valence-electron chi connectivity index (χ1n) is 5.95. The fourth-order valence-electron chi connectivity index (χ4n) is 2.37. The summed E-state index contributed by atoms with van der Waals surface area (Å²) in [6, 6.07) is 3.78. The van der Waals surface area contributed by atoms with Crippen molar-refractivity contribution in [2.24, 2.45) is 0 Å². The molecule has 94 valence electrons. The quantitative estimate of drug-likeness (QED) is 0.895. The molecule has 0 aromatic carbocycles. The van der Waals surface area contributed by atoms with Gasteiger partial charge in [-0.15, -0.1) is 0 Å². The van der Waals surface area contributed by atoms with E-state index in [-0.39, 0.29) is 11.9 Å². The largest absolute Gasteiger partial charge is 0.469 e. The molecule has 0 saturated carbocycles. The van der Waals surface area contributed by atoms with Crippen LogP contribution >= 0.6 is 15.9 Å². The summed E-state index contributed by atoms with van der Waals surface area (Å²) in [5.41, 5.74) is 1.68. The lowest BCUT2D eigenvalue weighted by molar-refractivity contribution is 0.0928. The molecule has 0 fully saturated rings. The maximum Gasteiger partial charge on any atom is 0.268 e. The summed E-state index contributed by atoms with van der Waals surface area (Å²) in [6.45, 7) is 0. The number of rotatable bonds is 2. The number of hydrogen-bond acceptors (Lipinski definition) is 2. The summed E-state index contributed by atoms with van der Waals surface area (Å²) < 4.78 is 6.29. The van der Waals surface area contributed by atoms with Crippen molar-refractivity contribution in [3.8, 4) is 0 Å². The molecule has 1 unspecified atom stereocenters. The molecule has 1 aliphatic rings. The number of aromatic amines is 1. The van der Waals surface area contributed by atoms with E-state index in [9.17, 15) is 4.79 Å². The van der Waals surface area contributed by atoms with Gasteiger partial charge in [0, 0.05) is 22.7 Å². The standard InChI is InChI=1S/C13H13BrN2O2/c14-8-6-11(15-7-8)13(17)16-10-2-1-3-12-9(10)4-5-18-12/h4-7,10,15H,1-3H2,(H,16,17). The van der Waals surface area contributed by atoms with E-state index in [0.29, 0.717) is 5.69 Å². The molecule has 4 nitrogen and oxygen atoms in total. The highest BCUT2D eigenvalue weighted by Crippen LogP contribution is 2.30. The van der Waals surface area contributed by atoms with Crippen LogP contribution < -0.4 is 5.32 Å². The van der Waals surface area contributed by atoms with E-state index in [1.54, 1.807) is 18.5 Å². The predicted octanol–water partition coefficient (Wildman–Crippen LogP) is 3.18. The van der Waals surface area contributed by atoms with E-state index in [4.69, 9.17) is 4.42 Å². The van der Waals surface area contributed by atoms with Gasteiger partial charge in [-0.05, 0) is 40.9 Å². The molecule has 3 rings (SSSR count). The lowest BCUT2D eigenvalue weighted by Crippen LogP contribution is -2.30. The number of aryl methyl sites for hydroxylation is 1. The minimum Gasteiger partial charge on any atom is -0.469 e. The van der Waals surface area contributed by atoms with Crippen LogP contribution in [0.3, 0.4) is 0 Å². The van der Waals surface area contributed by atoms with E-state index < -0.39 is 0 Å². The molecule has 5 heteroatoms. The second-order valence-electron chi connectivity index (χ2n) is 4.45. The molecule has 2 aromatic rings. The number of carbonyl (C=O) groups is 1. The van der Waals surface area contributed by atoms with Crippen molar-refractivity contribution in [2.45, 2.75) is 25.3 Å². The molecule has 0 bridgehead atoms. The Hall–Kier alpha value is -1.49. The number of nitrogens with one attached hydrogen (secondary N) is 2. The average Bonchev–Trinajstić information content (AvgIpc) is 2.97. The summed E-state index contributed by atoms with van der Waals surface area (Å²) in [4.78, 5) is 15.0. The highest BCUT2D eigenvalue weighted by atomic mass is 79.9. The fraction of sp³-hybridized carbons (Fsp3) is 0.308. The molecule has 2 heterocycles. The third kappa shape index (κ3) is 2.10. The second kappa shape index (κ2) is 4.65. The van der Waals surface area contributed by atoms with Crippen molar-refractivity contribution in [2.75, 3.05) is 0 Å². The van der Waals surface area contributed by atoms with Gasteiger partial charge in [0.2, 0.25) is 0 Å². The summed E-state index contributed by atoms with van der Waals surface area (Å²) >= 11 is 3.32. The van der Waals surface area contributed by atoms with Crippen LogP contribution in [0.5, 0.6) is 0 Å². The van der Waals surface area contributed by atoms with E-state index >= 15 is 0 Å². The van der Waals surface area contributed by atoms with Gasteiger partial charge in [-0.3, -0.25) is 4.79 Å². The van der Waals surface area contributed by atoms with Gasteiger partial charge in [-0.2, -0.15) is 0 Å². The first-order valence-corrected chi connectivity index (χ1v) is 6.74. The molecule has 18 heavy (non-hydrogen) atoms. The molecule has 0 saturated heterocycles. The van der Waals surface area contributed by atoms with Gasteiger partial charge in [-0.1, -0.05) is 0 Å². The van der Waals surface area contributed by atoms with Crippen molar-refractivity contribution in [1.82, 2.24) is 10.3 Å². The van der Waals surface area contributed by atoms with E-state index in [2.05, 4.69) is 26.2 Å². The molecule has 0 radical (unpaired) electrons. The molecule has 2 N–H and O–H groups in total. The van der Waals surface area contributed by atoms with Gasteiger partial charge in [0.05, 0.1) is 12.3 Å². The van der Waals surface area contributed by atoms with Gasteiger partial charge < -0.3 is 14.7 Å². The van der Waals surface area contributed by atoms with Crippen molar-refractivity contribution in [3.63, 3.8) is 0 Å². The normalized spacial score (nSPS) is 18.4. The smallest absolute Gasteiger partial charge is 0.268 e. The number of aromatic nitrogens is 1. The zero-order valence-electron chi connectivity index (χ0n) is 9.70. The maximum atomic E-state index is 12.1. The van der Waals surface area contributed by atoms with Crippen molar-refractivity contribution >= 4 is 21.8 Å². The Morgan fingerprint density at radius 3 is 3.22 bits per heavy atom. The average molecular weight is 309 g/mol. The summed E-state index contributed by atoms with van der Waals surface area (Å²) in [7, 11) is 0. The first kappa shape index (κ1) is 11.6. The third-order valence-electron chi connectivity index (χ3n) is 3.25. The first-order chi connectivity index (χ1) is 8.74. The summed E-state index contributed by atoms with van der Waals surface area (Å²) in [5.74, 6) is 0.916. The van der Waals surface area contributed by atoms with Gasteiger partial charge in [0.25, 0.3) is 5.91 Å². The summed E-state index contributed by atoms with van der Waals surface area (Å²) in [5, 5.41) is 3.04. The van der Waals surface area contributed by atoms with Crippen LogP contribution in [0.25, 0.3) is 0 Å². The minimum absolute atomic E-state index is 0.0575. The Kier molecular flexibility index (Phi) is 2.99. The number of halogens is 1. The van der Waals surface area contributed by atoms with Crippen LogP contribution in [0.4, 0.5) is 0 Å². The molecule has 0 aliphatic heterocycles. The van der Waals surface area contributed by atoms with Gasteiger partial charge in [-0.25, -0.2) is 0 Å². The fourth-order valence-corrected chi connectivity index (χ4v) is 2.71. The van der Waals surface area contributed by atoms with Crippen LogP contribution in [-0.2, 0) is 6.42 Å². The molecular formula is C13H13BrN2O2. The van der Waals surface area contributed by atoms with Crippen LogP contribution in [0.15, 0.2) is 33.5 Å². The topological polar surface area (TPSA) is 58.0 Å². The van der Waals surface area contributed by atoms with Crippen LogP contribution in [0, 0.1) is 0 Å². The van der Waals surface area contributed by atoms with Crippen molar-refractivity contribution in [1.29, 1.82) is 0 Å². The highest BCUT2D eigenvalue weighted by Gasteiger charge is 2.24. The Balaban J connectivity index is 1.77. The number of carbonyl (C=O) groups excluding carboxylic acids is 1. The molecule has 1 atom stereocenters. The Labute approximate surface area is 113 Å². The Morgan fingerprint density at radius 1 is 1.56 bits per heavy atom. The Bertz CT molecular complexity index is 573. The van der Waals surface area contributed by atoms with Gasteiger partial charge in [0.1, 0.15) is 11.5 Å². The lowest BCUT2D eigenvalue weighted by atomic mass is 9.93. The number of fused-ring (bicyclic) bond motifs is 1. The zero-order valence-corrected chi connectivity index (χ0v) is 11.3. The number of amides is 1. The van der Waals surface area contributed by atoms with Crippen LogP contribution in [0.1, 0.15) is 40.7 Å². The number of H-pyrrole nitrogens is 1. The molecule has 2 aromatic heterocycles. The van der Waals surface area contributed by atoms with Crippen molar-refractivity contribution < 1.29 is 9.21 Å². The van der Waals surface area contributed by atoms with Crippen LogP contribution in [0.2, 0.25) is 0 Å². The highest BCUT2D eigenvalue weighted by molar-refractivity contribution is 9.10. The van der Waals surface area contributed by atoms with E-state index in [1.807, 2.05) is 6.07 Å². The monoisotopic (exact) mass is 308 g/mol. The minimum atomic E-state index is -0.0836. The number of hydrogen-bond donors (Lipinski definition) is 2. The SMILES string of the molecule is O=C(NC1CCCc2occc21)c1cc(Br)c[nH]1. The van der Waals surface area contributed by atoms with Crippen LogP contribution in [-0.4, -0.2) is 10.9 Å². The molecular weight excluding hydrogens is 296 g/mol. The molecule has 1 amide bonds. The maximum absolute atomic E-state index is 12.1. The Morgan fingerprint density at radius 2 is 2.44 bits per heavy atom. The third-order valence-corrected chi connectivity index (χ3v) is 3.71. The lowest BCUT2D eigenvalue weighted by Gasteiger charge is -2.22. The van der Waals surface area contributed by atoms with Crippen molar-refractivity contribution in [3.05, 3.63) is 46.1 Å². The van der Waals surface area contributed by atoms with E-state index in [1.165, 1.54) is 0 Å². The molecule has 0 spiro atoms. The predicted molar refractivity (Wildman–Crippen MR) is 70.3 cm³/mol. The number of furan rings is 1. The molecule has 1 aliphatic carbocycles. The summed E-state index contributed by atoms with van der Waals surface area (Å²) in [6.07, 6.45) is 6.40. The van der Waals surface area contributed by atoms with Gasteiger partial charge >= 0.3 is 0 Å². The van der Waals surface area contributed by atoms with E-state index in [0.717, 1.165) is 35.1 Å². The second-order valence-corrected chi connectivity index (χ2v) is 5.36.